The van der Waals surface area contributed by atoms with E-state index >= 15 is 0 Å². The molecule has 0 N–H and O–H groups in total. The molecule has 0 bridgehead atoms. The summed E-state index contributed by atoms with van der Waals surface area (Å²) in [5.74, 6) is 0. The van der Waals surface area contributed by atoms with Crippen LogP contribution in [0.3, 0.4) is 0 Å². The molecule has 4 aromatic rings. The molecule has 148 valence electrons. The fourth-order valence-corrected chi connectivity index (χ4v) is 3.44. The summed E-state index contributed by atoms with van der Waals surface area (Å²) in [5.41, 5.74) is 4.16. The summed E-state index contributed by atoms with van der Waals surface area (Å²) in [4.78, 5) is 21.7. The van der Waals surface area contributed by atoms with Gasteiger partial charge in [0.2, 0.25) is 0 Å². The van der Waals surface area contributed by atoms with Crippen molar-refractivity contribution < 1.29 is 0 Å². The van der Waals surface area contributed by atoms with Crippen LogP contribution in [0, 0.1) is 11.3 Å². The zero-order valence-corrected chi connectivity index (χ0v) is 17.1. The van der Waals surface area contributed by atoms with Crippen LogP contribution in [0.4, 0.5) is 0 Å². The first-order valence-electron chi connectivity index (χ1n) is 9.59. The van der Waals surface area contributed by atoms with E-state index in [2.05, 4.69) is 16.0 Å². The van der Waals surface area contributed by atoms with Crippen LogP contribution in [0.1, 0.15) is 19.4 Å². The largest absolute Gasteiger partial charge is 0.333 e. The number of pyridine rings is 2. The number of hydrogen-bond donors (Lipinski definition) is 0. The Hall–Kier alpha value is -3.98. The first-order valence-corrected chi connectivity index (χ1v) is 9.59. The summed E-state index contributed by atoms with van der Waals surface area (Å²) in [6.45, 7) is 3.74. The lowest BCUT2D eigenvalue weighted by Crippen LogP contribution is -2.21. The minimum atomic E-state index is -0.599. The Morgan fingerprint density at radius 3 is 2.37 bits per heavy atom. The molecule has 0 saturated carbocycles. The number of imidazole rings is 1. The van der Waals surface area contributed by atoms with Crippen LogP contribution in [-0.2, 0) is 12.5 Å². The fourth-order valence-electron chi connectivity index (χ4n) is 3.44. The predicted octanol–water partition coefficient (Wildman–Crippen LogP) is 4.10. The summed E-state index contributed by atoms with van der Waals surface area (Å²) in [6, 6.07) is 17.5. The molecule has 6 nitrogen and oxygen atoms in total. The van der Waals surface area contributed by atoms with Crippen molar-refractivity contribution in [3.63, 3.8) is 0 Å². The lowest BCUT2D eigenvalue weighted by Gasteiger charge is -2.16. The third-order valence-corrected chi connectivity index (χ3v) is 5.22. The van der Waals surface area contributed by atoms with Gasteiger partial charge < -0.3 is 4.57 Å². The molecule has 0 radical (unpaired) electrons. The average Bonchev–Trinajstić information content (AvgIpc) is 3.08. The number of hydrogen-bond acceptors (Lipinski definition) is 4. The van der Waals surface area contributed by atoms with Gasteiger partial charge in [0, 0.05) is 37.4 Å². The average molecular weight is 395 g/mol. The highest BCUT2D eigenvalue weighted by Gasteiger charge is 2.21. The molecule has 6 heteroatoms. The predicted molar refractivity (Wildman–Crippen MR) is 116 cm³/mol. The summed E-state index contributed by atoms with van der Waals surface area (Å²) in [5, 5.41) is 9.39. The van der Waals surface area contributed by atoms with Crippen LogP contribution in [0.2, 0.25) is 0 Å². The quantitative estimate of drug-likeness (QED) is 0.521. The number of nitrogens with zero attached hydrogens (tertiary/aromatic N) is 5. The first kappa shape index (κ1) is 19.3. The Balaban J connectivity index is 1.90. The van der Waals surface area contributed by atoms with E-state index < -0.39 is 5.41 Å². The third-order valence-electron chi connectivity index (χ3n) is 5.22. The summed E-state index contributed by atoms with van der Waals surface area (Å²) < 4.78 is 3.20. The van der Waals surface area contributed by atoms with Crippen LogP contribution in [0.5, 0.6) is 0 Å². The van der Waals surface area contributed by atoms with Gasteiger partial charge in [-0.05, 0) is 55.3 Å². The van der Waals surface area contributed by atoms with Crippen molar-refractivity contribution in [2.45, 2.75) is 19.3 Å². The molecule has 30 heavy (non-hydrogen) atoms. The number of aryl methyl sites for hydroxylation is 1. The zero-order valence-electron chi connectivity index (χ0n) is 17.1. The molecule has 0 saturated heterocycles. The Kier molecular flexibility index (Phi) is 4.80. The monoisotopic (exact) mass is 395 g/mol. The minimum Gasteiger partial charge on any atom is -0.301 e. The number of benzene rings is 1. The van der Waals surface area contributed by atoms with Gasteiger partial charge in [0.1, 0.15) is 0 Å². The van der Waals surface area contributed by atoms with E-state index in [1.165, 1.54) is 0 Å². The lowest BCUT2D eigenvalue weighted by atomic mass is 9.86. The van der Waals surface area contributed by atoms with Gasteiger partial charge >= 0.3 is 5.69 Å². The molecule has 0 fully saturated rings. The van der Waals surface area contributed by atoms with Crippen molar-refractivity contribution in [2.75, 3.05) is 0 Å². The molecule has 0 spiro atoms. The maximum absolute atomic E-state index is 13.0. The number of rotatable bonds is 4. The third kappa shape index (κ3) is 3.31. The maximum Gasteiger partial charge on any atom is 0.333 e. The van der Waals surface area contributed by atoms with Crippen LogP contribution in [-0.4, -0.2) is 19.1 Å². The van der Waals surface area contributed by atoms with Gasteiger partial charge in [0.25, 0.3) is 0 Å². The van der Waals surface area contributed by atoms with E-state index in [0.717, 1.165) is 22.4 Å². The van der Waals surface area contributed by atoms with Gasteiger partial charge in [-0.25, -0.2) is 4.79 Å². The van der Waals surface area contributed by atoms with E-state index in [0.29, 0.717) is 11.4 Å². The van der Waals surface area contributed by atoms with Crippen molar-refractivity contribution in [2.24, 2.45) is 7.05 Å². The number of nitriles is 1. The lowest BCUT2D eigenvalue weighted by molar-refractivity contribution is 0.686. The van der Waals surface area contributed by atoms with E-state index in [-0.39, 0.29) is 5.69 Å². The molecule has 0 aliphatic heterocycles. The molecular formula is C24H21N5O. The van der Waals surface area contributed by atoms with Gasteiger partial charge in [-0.15, -0.1) is 0 Å². The van der Waals surface area contributed by atoms with Crippen LogP contribution >= 0.6 is 0 Å². The van der Waals surface area contributed by atoms with E-state index in [1.54, 1.807) is 41.0 Å². The highest BCUT2D eigenvalue weighted by atomic mass is 16.1. The van der Waals surface area contributed by atoms with Gasteiger partial charge in [0.15, 0.2) is 0 Å². The molecule has 0 aliphatic rings. The van der Waals surface area contributed by atoms with Gasteiger partial charge in [-0.3, -0.25) is 14.5 Å². The molecule has 3 aromatic heterocycles. The Labute approximate surface area is 174 Å². The molecule has 1 aromatic carbocycles. The molecule has 0 unspecified atom stereocenters. The second-order valence-corrected chi connectivity index (χ2v) is 7.66. The minimum absolute atomic E-state index is 0.163. The second-order valence-electron chi connectivity index (χ2n) is 7.66. The van der Waals surface area contributed by atoms with Crippen molar-refractivity contribution >= 4 is 0 Å². The highest BCUT2D eigenvalue weighted by molar-refractivity contribution is 5.79. The topological polar surface area (TPSA) is 76.5 Å². The van der Waals surface area contributed by atoms with Crippen molar-refractivity contribution in [1.29, 1.82) is 5.26 Å². The summed E-state index contributed by atoms with van der Waals surface area (Å²) in [7, 11) is 1.73. The Morgan fingerprint density at radius 2 is 1.70 bits per heavy atom. The van der Waals surface area contributed by atoms with Gasteiger partial charge in [-0.2, -0.15) is 5.26 Å². The fraction of sp³-hybridized carbons (Fsp3) is 0.167. The normalized spacial score (nSPS) is 11.3. The maximum atomic E-state index is 13.0. The Bertz CT molecular complexity index is 1290. The first-order chi connectivity index (χ1) is 14.4. The van der Waals surface area contributed by atoms with E-state index in [4.69, 9.17) is 0 Å². The molecular weight excluding hydrogens is 374 g/mol. The molecule has 0 aliphatic carbocycles. The Morgan fingerprint density at radius 1 is 1.00 bits per heavy atom. The van der Waals surface area contributed by atoms with Crippen LogP contribution in [0.25, 0.3) is 28.2 Å². The zero-order chi connectivity index (χ0) is 21.3. The highest BCUT2D eigenvalue weighted by Crippen LogP contribution is 2.31. The standard InChI is InChI=1S/C24H21N5O/c1-24(2,16-25)18-6-8-19(9-7-18)29-21(15-28(3)23(29)30)22-20(5-4-12-27-22)17-10-13-26-14-11-17/h4-15H,1-3H3. The molecule has 0 atom stereocenters. The molecule has 4 rings (SSSR count). The van der Waals surface area contributed by atoms with Gasteiger partial charge in [-0.1, -0.05) is 18.2 Å². The van der Waals surface area contributed by atoms with Crippen molar-refractivity contribution in [1.82, 2.24) is 19.1 Å². The smallest absolute Gasteiger partial charge is 0.301 e. The van der Waals surface area contributed by atoms with Crippen LogP contribution in [0.15, 0.2) is 78.1 Å². The van der Waals surface area contributed by atoms with Crippen molar-refractivity contribution in [3.05, 3.63) is 89.4 Å². The van der Waals surface area contributed by atoms with E-state index in [9.17, 15) is 10.1 Å². The SMILES string of the molecule is Cn1cc(-c2ncccc2-c2ccncc2)n(-c2ccc(C(C)(C)C#N)cc2)c1=O. The van der Waals surface area contributed by atoms with Crippen molar-refractivity contribution in [3.8, 4) is 34.3 Å². The van der Waals surface area contributed by atoms with Crippen LogP contribution < -0.4 is 5.69 Å². The molecule has 3 heterocycles. The van der Waals surface area contributed by atoms with E-state index in [1.807, 2.05) is 62.4 Å². The van der Waals surface area contributed by atoms with Gasteiger partial charge in [0.05, 0.1) is 28.6 Å². The summed E-state index contributed by atoms with van der Waals surface area (Å²) in [6.07, 6.45) is 6.99. The number of aromatic nitrogens is 4. The second kappa shape index (κ2) is 7.45. The summed E-state index contributed by atoms with van der Waals surface area (Å²) >= 11 is 0. The molecule has 0 amide bonds.